The van der Waals surface area contributed by atoms with Gasteiger partial charge in [0.25, 0.3) is 0 Å². The topological polar surface area (TPSA) is 89.3 Å². The lowest BCUT2D eigenvalue weighted by molar-refractivity contribution is -0.113. The molecule has 2 aromatic heterocycles. The Kier molecular flexibility index (Phi) is 7.04. The summed E-state index contributed by atoms with van der Waals surface area (Å²) in [7, 11) is 7.25. The third kappa shape index (κ3) is 4.91. The van der Waals surface area contributed by atoms with Crippen LogP contribution in [0, 0.1) is 0 Å². The fraction of sp³-hybridized carbons (Fsp3) is 0.391. The van der Waals surface area contributed by atoms with Crippen molar-refractivity contribution in [3.8, 4) is 11.4 Å². The molecule has 0 radical (unpaired) electrons. The molecule has 0 saturated heterocycles. The van der Waals surface area contributed by atoms with E-state index in [1.54, 1.807) is 0 Å². The van der Waals surface area contributed by atoms with E-state index < -0.39 is 5.97 Å². The molecule has 0 unspecified atom stereocenters. The highest BCUT2D eigenvalue weighted by Crippen LogP contribution is 2.38. The SMILES string of the molecule is COC(=O)c1c(NC(=O)CSc2nnc(-c3ccc(N(C)C)cc3)n2C)sc2c1CCCC2. The highest BCUT2D eigenvalue weighted by molar-refractivity contribution is 7.99. The Morgan fingerprint density at radius 1 is 1.18 bits per heavy atom. The third-order valence-electron chi connectivity index (χ3n) is 5.62. The number of thioether (sulfide) groups is 1. The second-order valence-electron chi connectivity index (χ2n) is 8.05. The third-order valence-corrected chi connectivity index (χ3v) is 7.85. The molecule has 0 saturated carbocycles. The summed E-state index contributed by atoms with van der Waals surface area (Å²) in [5, 5.41) is 12.7. The van der Waals surface area contributed by atoms with Gasteiger partial charge in [0, 0.05) is 37.3 Å². The summed E-state index contributed by atoms with van der Waals surface area (Å²) >= 11 is 2.79. The van der Waals surface area contributed by atoms with Gasteiger partial charge in [-0.1, -0.05) is 11.8 Å². The van der Waals surface area contributed by atoms with Crippen molar-refractivity contribution >= 4 is 45.7 Å². The van der Waals surface area contributed by atoms with Gasteiger partial charge in [-0.25, -0.2) is 4.79 Å². The maximum atomic E-state index is 12.7. The normalized spacial score (nSPS) is 12.8. The number of rotatable bonds is 7. The van der Waals surface area contributed by atoms with Gasteiger partial charge < -0.3 is 19.5 Å². The van der Waals surface area contributed by atoms with Gasteiger partial charge in [-0.05, 0) is 55.5 Å². The highest BCUT2D eigenvalue weighted by atomic mass is 32.2. The number of carbonyl (C=O) groups is 2. The number of amides is 1. The van der Waals surface area contributed by atoms with Crippen molar-refractivity contribution in [3.05, 3.63) is 40.3 Å². The first-order valence-corrected chi connectivity index (χ1v) is 12.5. The zero-order valence-electron chi connectivity index (χ0n) is 19.2. The second kappa shape index (κ2) is 9.96. The molecule has 0 bridgehead atoms. The Balaban J connectivity index is 1.44. The van der Waals surface area contributed by atoms with Crippen LogP contribution < -0.4 is 10.2 Å². The van der Waals surface area contributed by atoms with Crippen LogP contribution in [0.25, 0.3) is 11.4 Å². The summed E-state index contributed by atoms with van der Waals surface area (Å²) in [5.74, 6) is 0.315. The molecule has 10 heteroatoms. The maximum Gasteiger partial charge on any atom is 0.341 e. The average molecular weight is 486 g/mol. The summed E-state index contributed by atoms with van der Waals surface area (Å²) in [5.41, 5.74) is 3.60. The van der Waals surface area contributed by atoms with Crippen molar-refractivity contribution < 1.29 is 14.3 Å². The number of benzene rings is 1. The number of hydrogen-bond donors (Lipinski definition) is 1. The molecule has 174 valence electrons. The van der Waals surface area contributed by atoms with Crippen molar-refractivity contribution in [2.24, 2.45) is 7.05 Å². The number of methoxy groups -OCH3 is 1. The van der Waals surface area contributed by atoms with Crippen LogP contribution in [0.2, 0.25) is 0 Å². The Labute approximate surface area is 201 Å². The lowest BCUT2D eigenvalue weighted by atomic mass is 9.95. The lowest BCUT2D eigenvalue weighted by Crippen LogP contribution is -2.17. The van der Waals surface area contributed by atoms with Gasteiger partial charge >= 0.3 is 5.97 Å². The number of aromatic nitrogens is 3. The standard InChI is InChI=1S/C23H27N5O3S2/c1-27(2)15-11-9-14(10-12-15)20-25-26-23(28(20)3)32-13-18(29)24-21-19(22(30)31-4)16-7-5-6-8-17(16)33-21/h9-12H,5-8,13H2,1-4H3,(H,24,29). The number of aryl methyl sites for hydroxylation is 1. The minimum atomic E-state index is -0.393. The number of hydrogen-bond acceptors (Lipinski definition) is 8. The summed E-state index contributed by atoms with van der Waals surface area (Å²) in [6.07, 6.45) is 3.93. The largest absolute Gasteiger partial charge is 0.465 e. The Bertz CT molecular complexity index is 1170. The van der Waals surface area contributed by atoms with Crippen LogP contribution in [0.1, 0.15) is 33.6 Å². The number of esters is 1. The van der Waals surface area contributed by atoms with E-state index in [2.05, 4.69) is 15.5 Å². The summed E-state index contributed by atoms with van der Waals surface area (Å²) in [6, 6.07) is 8.08. The van der Waals surface area contributed by atoms with E-state index in [0.29, 0.717) is 15.7 Å². The molecule has 0 aliphatic heterocycles. The second-order valence-corrected chi connectivity index (χ2v) is 10.1. The van der Waals surface area contributed by atoms with Gasteiger partial charge in [0.05, 0.1) is 18.4 Å². The Morgan fingerprint density at radius 3 is 2.61 bits per heavy atom. The zero-order valence-corrected chi connectivity index (χ0v) is 20.8. The first-order valence-electron chi connectivity index (χ1n) is 10.7. The molecule has 1 amide bonds. The van der Waals surface area contributed by atoms with E-state index in [9.17, 15) is 9.59 Å². The van der Waals surface area contributed by atoms with Gasteiger partial charge in [-0.3, -0.25) is 4.79 Å². The van der Waals surface area contributed by atoms with Crippen molar-refractivity contribution in [1.82, 2.24) is 14.8 Å². The number of nitrogens with zero attached hydrogens (tertiary/aromatic N) is 4. The van der Waals surface area contributed by atoms with E-state index in [1.807, 2.05) is 54.9 Å². The molecule has 1 aliphatic rings. The fourth-order valence-corrected chi connectivity index (χ4v) is 5.87. The number of ether oxygens (including phenoxy) is 1. The predicted octanol–water partition coefficient (Wildman–Crippen LogP) is 4.01. The number of nitrogens with one attached hydrogen (secondary N) is 1. The van der Waals surface area contributed by atoms with Crippen molar-refractivity contribution in [3.63, 3.8) is 0 Å². The molecular formula is C23H27N5O3S2. The summed E-state index contributed by atoms with van der Waals surface area (Å²) < 4.78 is 6.86. The van der Waals surface area contributed by atoms with Crippen LogP contribution in [-0.2, 0) is 29.4 Å². The molecule has 8 nitrogen and oxygen atoms in total. The predicted molar refractivity (Wildman–Crippen MR) is 132 cm³/mol. The van der Waals surface area contributed by atoms with Crippen LogP contribution in [0.15, 0.2) is 29.4 Å². The van der Waals surface area contributed by atoms with E-state index >= 15 is 0 Å². The van der Waals surface area contributed by atoms with E-state index in [1.165, 1.54) is 35.1 Å². The monoisotopic (exact) mass is 485 g/mol. The molecule has 1 aromatic carbocycles. The molecule has 0 spiro atoms. The van der Waals surface area contributed by atoms with Crippen molar-refractivity contribution in [2.45, 2.75) is 30.8 Å². The van der Waals surface area contributed by atoms with Crippen LogP contribution >= 0.6 is 23.1 Å². The molecule has 2 heterocycles. The molecule has 1 N–H and O–H groups in total. The van der Waals surface area contributed by atoms with Crippen molar-refractivity contribution in [1.29, 1.82) is 0 Å². The maximum absolute atomic E-state index is 12.7. The van der Waals surface area contributed by atoms with Crippen LogP contribution in [0.4, 0.5) is 10.7 Å². The van der Waals surface area contributed by atoms with E-state index in [-0.39, 0.29) is 11.7 Å². The molecule has 3 aromatic rings. The quantitative estimate of drug-likeness (QED) is 0.400. The average Bonchev–Trinajstić information content (AvgIpc) is 3.36. The summed E-state index contributed by atoms with van der Waals surface area (Å²) in [6.45, 7) is 0. The summed E-state index contributed by atoms with van der Waals surface area (Å²) in [4.78, 5) is 28.3. The smallest absolute Gasteiger partial charge is 0.341 e. The molecule has 0 fully saturated rings. The minimum absolute atomic E-state index is 0.161. The lowest BCUT2D eigenvalue weighted by Gasteiger charge is -2.12. The van der Waals surface area contributed by atoms with Gasteiger partial charge in [-0.15, -0.1) is 21.5 Å². The number of fused-ring (bicyclic) bond motifs is 1. The zero-order chi connectivity index (χ0) is 23.5. The first kappa shape index (κ1) is 23.3. The minimum Gasteiger partial charge on any atom is -0.465 e. The van der Waals surface area contributed by atoms with E-state index in [4.69, 9.17) is 4.74 Å². The number of thiophene rings is 1. The molecule has 4 rings (SSSR count). The van der Waals surface area contributed by atoms with Gasteiger partial charge in [0.1, 0.15) is 5.00 Å². The Morgan fingerprint density at radius 2 is 1.91 bits per heavy atom. The molecule has 33 heavy (non-hydrogen) atoms. The van der Waals surface area contributed by atoms with Crippen molar-refractivity contribution in [2.75, 3.05) is 37.2 Å². The van der Waals surface area contributed by atoms with Crippen LogP contribution in [-0.4, -0.2) is 53.6 Å². The fourth-order valence-electron chi connectivity index (χ4n) is 3.87. The Hall–Kier alpha value is -2.85. The van der Waals surface area contributed by atoms with Crippen LogP contribution in [0.5, 0.6) is 0 Å². The highest BCUT2D eigenvalue weighted by Gasteiger charge is 2.27. The number of anilines is 2. The van der Waals surface area contributed by atoms with E-state index in [0.717, 1.165) is 48.3 Å². The van der Waals surface area contributed by atoms with Gasteiger partial charge in [-0.2, -0.15) is 0 Å². The van der Waals surface area contributed by atoms with Gasteiger partial charge in [0.15, 0.2) is 11.0 Å². The van der Waals surface area contributed by atoms with Crippen LogP contribution in [0.3, 0.4) is 0 Å². The number of carbonyl (C=O) groups excluding carboxylic acids is 2. The molecule has 0 atom stereocenters. The first-order chi connectivity index (χ1) is 15.9. The molecule has 1 aliphatic carbocycles. The van der Waals surface area contributed by atoms with Gasteiger partial charge in [0.2, 0.25) is 5.91 Å². The molecular weight excluding hydrogens is 458 g/mol.